The number of pyridine rings is 1. The molecule has 1 aromatic carbocycles. The Morgan fingerprint density at radius 2 is 1.86 bits per heavy atom. The third-order valence-corrected chi connectivity index (χ3v) is 1.96. The van der Waals surface area contributed by atoms with Crippen molar-refractivity contribution in [2.45, 2.75) is 0 Å². The SMILES string of the molecule is O=c1cc(F)c(-c2ccccc2)c[nH]1. The minimum atomic E-state index is -0.500. The number of nitrogens with one attached hydrogen (secondary N) is 1. The second kappa shape index (κ2) is 3.46. The van der Waals surface area contributed by atoms with Gasteiger partial charge in [0.25, 0.3) is 5.56 Å². The van der Waals surface area contributed by atoms with Crippen LogP contribution in [-0.2, 0) is 0 Å². The molecule has 14 heavy (non-hydrogen) atoms. The van der Waals surface area contributed by atoms with Crippen LogP contribution < -0.4 is 5.56 Å². The van der Waals surface area contributed by atoms with E-state index in [1.165, 1.54) is 6.20 Å². The monoisotopic (exact) mass is 189 g/mol. The second-order valence-corrected chi connectivity index (χ2v) is 2.92. The molecule has 0 spiro atoms. The zero-order valence-corrected chi connectivity index (χ0v) is 7.33. The third-order valence-electron chi connectivity index (χ3n) is 1.96. The van der Waals surface area contributed by atoms with Crippen molar-refractivity contribution in [3.8, 4) is 11.1 Å². The van der Waals surface area contributed by atoms with Gasteiger partial charge >= 0.3 is 0 Å². The summed E-state index contributed by atoms with van der Waals surface area (Å²) in [4.78, 5) is 13.2. The lowest BCUT2D eigenvalue weighted by Crippen LogP contribution is -2.04. The Kier molecular flexibility index (Phi) is 2.14. The molecule has 0 fully saturated rings. The number of hydrogen-bond acceptors (Lipinski definition) is 1. The zero-order valence-electron chi connectivity index (χ0n) is 7.33. The molecule has 1 N–H and O–H groups in total. The van der Waals surface area contributed by atoms with E-state index in [9.17, 15) is 9.18 Å². The van der Waals surface area contributed by atoms with E-state index in [0.29, 0.717) is 5.56 Å². The average Bonchev–Trinajstić information content (AvgIpc) is 2.19. The normalized spacial score (nSPS) is 10.1. The summed E-state index contributed by atoms with van der Waals surface area (Å²) in [5.74, 6) is -0.500. The second-order valence-electron chi connectivity index (χ2n) is 2.92. The number of halogens is 1. The minimum absolute atomic E-state index is 0.408. The highest BCUT2D eigenvalue weighted by atomic mass is 19.1. The van der Waals surface area contributed by atoms with E-state index >= 15 is 0 Å². The van der Waals surface area contributed by atoms with Crippen LogP contribution in [0.15, 0.2) is 47.4 Å². The maximum absolute atomic E-state index is 13.3. The van der Waals surface area contributed by atoms with Gasteiger partial charge in [-0.3, -0.25) is 4.79 Å². The molecule has 0 saturated heterocycles. The van der Waals surface area contributed by atoms with Crippen LogP contribution in [0.25, 0.3) is 11.1 Å². The van der Waals surface area contributed by atoms with Crippen LogP contribution in [0.1, 0.15) is 0 Å². The van der Waals surface area contributed by atoms with E-state index in [2.05, 4.69) is 4.98 Å². The molecule has 3 heteroatoms. The quantitative estimate of drug-likeness (QED) is 0.732. The summed E-state index contributed by atoms with van der Waals surface area (Å²) in [6.07, 6.45) is 1.38. The first kappa shape index (κ1) is 8.69. The van der Waals surface area contributed by atoms with Crippen molar-refractivity contribution < 1.29 is 4.39 Å². The number of hydrogen-bond donors (Lipinski definition) is 1. The van der Waals surface area contributed by atoms with Crippen LogP contribution in [-0.4, -0.2) is 4.98 Å². The molecule has 1 aromatic heterocycles. The fraction of sp³-hybridized carbons (Fsp3) is 0. The lowest BCUT2D eigenvalue weighted by Gasteiger charge is -2.01. The molecule has 0 aliphatic heterocycles. The Labute approximate surface area is 80.0 Å². The van der Waals surface area contributed by atoms with Crippen molar-refractivity contribution in [3.63, 3.8) is 0 Å². The number of H-pyrrole nitrogens is 1. The van der Waals surface area contributed by atoms with Crippen molar-refractivity contribution in [1.29, 1.82) is 0 Å². The van der Waals surface area contributed by atoms with Gasteiger partial charge in [0.2, 0.25) is 0 Å². The highest BCUT2D eigenvalue weighted by molar-refractivity contribution is 5.62. The summed E-state index contributed by atoms with van der Waals surface area (Å²) in [6, 6.07) is 10.0. The lowest BCUT2D eigenvalue weighted by molar-refractivity contribution is 0.627. The molecule has 0 bridgehead atoms. The molecule has 0 saturated carbocycles. The maximum atomic E-state index is 13.3. The Hall–Kier alpha value is -1.90. The lowest BCUT2D eigenvalue weighted by atomic mass is 10.1. The molecule has 0 amide bonds. The van der Waals surface area contributed by atoms with Gasteiger partial charge in [0.1, 0.15) is 5.82 Å². The van der Waals surface area contributed by atoms with E-state index in [4.69, 9.17) is 0 Å². The van der Waals surface area contributed by atoms with Crippen molar-refractivity contribution >= 4 is 0 Å². The Bertz CT molecular complexity index is 490. The van der Waals surface area contributed by atoms with Crippen LogP contribution in [0.3, 0.4) is 0 Å². The topological polar surface area (TPSA) is 32.9 Å². The molecule has 70 valence electrons. The van der Waals surface area contributed by atoms with Gasteiger partial charge < -0.3 is 4.98 Å². The fourth-order valence-corrected chi connectivity index (χ4v) is 1.29. The van der Waals surface area contributed by atoms with E-state index in [1.807, 2.05) is 18.2 Å². The summed E-state index contributed by atoms with van der Waals surface area (Å²) >= 11 is 0. The molecule has 2 nitrogen and oxygen atoms in total. The molecule has 2 rings (SSSR count). The van der Waals surface area contributed by atoms with Gasteiger partial charge in [-0.15, -0.1) is 0 Å². The molecular weight excluding hydrogens is 181 g/mol. The predicted octanol–water partition coefficient (Wildman–Crippen LogP) is 2.18. The molecule has 0 atom stereocenters. The van der Waals surface area contributed by atoms with Crippen molar-refractivity contribution in [2.24, 2.45) is 0 Å². The van der Waals surface area contributed by atoms with Gasteiger partial charge in [0.15, 0.2) is 0 Å². The van der Waals surface area contributed by atoms with E-state index in [1.54, 1.807) is 12.1 Å². The van der Waals surface area contributed by atoms with Crippen LogP contribution in [0, 0.1) is 5.82 Å². The minimum Gasteiger partial charge on any atom is -0.328 e. The van der Waals surface area contributed by atoms with Crippen molar-refractivity contribution in [2.75, 3.05) is 0 Å². The van der Waals surface area contributed by atoms with Gasteiger partial charge in [-0.2, -0.15) is 0 Å². The molecule has 0 aliphatic carbocycles. The first-order valence-corrected chi connectivity index (χ1v) is 4.21. The molecule has 2 aromatic rings. The number of aromatic amines is 1. The smallest absolute Gasteiger partial charge is 0.250 e. The number of benzene rings is 1. The first-order valence-electron chi connectivity index (χ1n) is 4.21. The van der Waals surface area contributed by atoms with Gasteiger partial charge in [-0.05, 0) is 5.56 Å². The van der Waals surface area contributed by atoms with Crippen molar-refractivity contribution in [1.82, 2.24) is 4.98 Å². The van der Waals surface area contributed by atoms with Gasteiger partial charge in [0, 0.05) is 17.8 Å². The summed E-state index contributed by atoms with van der Waals surface area (Å²) in [5.41, 5.74) is 0.730. The zero-order chi connectivity index (χ0) is 9.97. The van der Waals surface area contributed by atoms with Crippen molar-refractivity contribution in [3.05, 3.63) is 58.8 Å². The van der Waals surface area contributed by atoms with Gasteiger partial charge in [0.05, 0.1) is 0 Å². The summed E-state index contributed by atoms with van der Waals surface area (Å²) < 4.78 is 13.3. The number of aromatic nitrogens is 1. The largest absolute Gasteiger partial charge is 0.328 e. The Morgan fingerprint density at radius 3 is 2.50 bits per heavy atom. The fourth-order valence-electron chi connectivity index (χ4n) is 1.29. The molecular formula is C11H8FNO. The standard InChI is InChI=1S/C11H8FNO/c12-10-6-11(14)13-7-9(10)8-4-2-1-3-5-8/h1-7H,(H,13,14). The van der Waals surface area contributed by atoms with Crippen LogP contribution in [0.2, 0.25) is 0 Å². The highest BCUT2D eigenvalue weighted by Crippen LogP contribution is 2.19. The van der Waals surface area contributed by atoms with Gasteiger partial charge in [-0.25, -0.2) is 4.39 Å². The summed E-state index contributed by atoms with van der Waals surface area (Å²) in [7, 11) is 0. The Balaban J connectivity index is 2.58. The van der Waals surface area contributed by atoms with E-state index in [-0.39, 0.29) is 0 Å². The van der Waals surface area contributed by atoms with Crippen LogP contribution in [0.5, 0.6) is 0 Å². The first-order chi connectivity index (χ1) is 6.77. The Morgan fingerprint density at radius 1 is 1.14 bits per heavy atom. The number of rotatable bonds is 1. The predicted molar refractivity (Wildman–Crippen MR) is 52.5 cm³/mol. The highest BCUT2D eigenvalue weighted by Gasteiger charge is 2.03. The van der Waals surface area contributed by atoms with E-state index in [0.717, 1.165) is 11.6 Å². The maximum Gasteiger partial charge on any atom is 0.250 e. The van der Waals surface area contributed by atoms with Crippen LogP contribution >= 0.6 is 0 Å². The van der Waals surface area contributed by atoms with Crippen LogP contribution in [0.4, 0.5) is 4.39 Å². The van der Waals surface area contributed by atoms with E-state index < -0.39 is 11.4 Å². The molecule has 0 aliphatic rings. The third kappa shape index (κ3) is 1.57. The summed E-state index contributed by atoms with van der Waals surface area (Å²) in [5, 5.41) is 0. The average molecular weight is 189 g/mol. The molecule has 0 unspecified atom stereocenters. The summed E-state index contributed by atoms with van der Waals surface area (Å²) in [6.45, 7) is 0. The molecule has 1 heterocycles. The molecule has 0 radical (unpaired) electrons. The van der Waals surface area contributed by atoms with Gasteiger partial charge in [-0.1, -0.05) is 30.3 Å².